The summed E-state index contributed by atoms with van der Waals surface area (Å²) in [5.41, 5.74) is 1.48. The first-order chi connectivity index (χ1) is 14.9. The Kier molecular flexibility index (Phi) is 6.07. The summed E-state index contributed by atoms with van der Waals surface area (Å²) in [6, 6.07) is 11.9. The Hall–Kier alpha value is -2.77. The van der Waals surface area contributed by atoms with Crippen LogP contribution in [0.5, 0.6) is 11.5 Å². The van der Waals surface area contributed by atoms with Crippen molar-refractivity contribution in [1.29, 1.82) is 0 Å². The summed E-state index contributed by atoms with van der Waals surface area (Å²) in [6.07, 6.45) is 1.33. The predicted molar refractivity (Wildman–Crippen MR) is 119 cm³/mol. The molecule has 2 aromatic rings. The van der Waals surface area contributed by atoms with Gasteiger partial charge in [0.1, 0.15) is 17.2 Å². The minimum Gasteiger partial charge on any atom is -0.508 e. The highest BCUT2D eigenvalue weighted by Gasteiger charge is 2.42. The molecule has 1 amide bonds. The van der Waals surface area contributed by atoms with Crippen LogP contribution in [0.25, 0.3) is 0 Å². The quantitative estimate of drug-likeness (QED) is 0.660. The molecule has 164 valence electrons. The highest BCUT2D eigenvalue weighted by molar-refractivity contribution is 6.30. The normalized spacial score (nSPS) is 20.4. The lowest BCUT2D eigenvalue weighted by molar-refractivity contribution is 0.0778. The van der Waals surface area contributed by atoms with Crippen LogP contribution in [0.15, 0.2) is 47.5 Å². The summed E-state index contributed by atoms with van der Waals surface area (Å²) in [5, 5.41) is 25.1. The number of halogens is 1. The van der Waals surface area contributed by atoms with Crippen molar-refractivity contribution in [2.75, 3.05) is 19.7 Å². The van der Waals surface area contributed by atoms with Gasteiger partial charge in [0, 0.05) is 60.3 Å². The van der Waals surface area contributed by atoms with Crippen LogP contribution in [-0.2, 0) is 4.74 Å². The summed E-state index contributed by atoms with van der Waals surface area (Å²) < 4.78 is 5.13. The minimum atomic E-state index is -0.627. The number of rotatable bonds is 3. The summed E-state index contributed by atoms with van der Waals surface area (Å²) in [6.45, 7) is 3.12. The van der Waals surface area contributed by atoms with E-state index in [1.165, 1.54) is 0 Å². The number of carbonyl (C=O) groups is 1. The van der Waals surface area contributed by atoms with Crippen molar-refractivity contribution in [3.8, 4) is 11.5 Å². The van der Waals surface area contributed by atoms with E-state index in [0.717, 1.165) is 5.71 Å². The molecule has 2 aromatic carbocycles. The number of nitrogens with zero attached hydrogens (tertiary/aromatic N) is 2. The molecule has 0 saturated carbocycles. The zero-order valence-electron chi connectivity index (χ0n) is 17.3. The SMILES string of the molecule is CCOC(=O)N1CCC2(CC1)N=C(c1ccccc1O)C[C@H](c1cc(Cl)ccc1O)N2. The molecule has 7 nitrogen and oxygen atoms in total. The fourth-order valence-corrected chi connectivity index (χ4v) is 4.50. The predicted octanol–water partition coefficient (Wildman–Crippen LogP) is 4.22. The van der Waals surface area contributed by atoms with Crippen LogP contribution in [-0.4, -0.2) is 52.3 Å². The third kappa shape index (κ3) is 4.48. The van der Waals surface area contributed by atoms with Crippen LogP contribution in [0.4, 0.5) is 4.79 Å². The molecule has 0 aromatic heterocycles. The Balaban J connectivity index is 1.68. The Morgan fingerprint density at radius 2 is 1.97 bits per heavy atom. The number of benzene rings is 2. The highest BCUT2D eigenvalue weighted by Crippen LogP contribution is 2.39. The van der Waals surface area contributed by atoms with Crippen molar-refractivity contribution in [1.82, 2.24) is 10.2 Å². The summed E-state index contributed by atoms with van der Waals surface area (Å²) in [5.74, 6) is 0.316. The Bertz CT molecular complexity index is 1000. The second kappa shape index (κ2) is 8.77. The highest BCUT2D eigenvalue weighted by atomic mass is 35.5. The minimum absolute atomic E-state index is 0.152. The van der Waals surface area contributed by atoms with Crippen LogP contribution >= 0.6 is 11.6 Å². The van der Waals surface area contributed by atoms with Crippen molar-refractivity contribution >= 4 is 23.4 Å². The van der Waals surface area contributed by atoms with Gasteiger partial charge in [-0.1, -0.05) is 23.7 Å². The number of aromatic hydroxyl groups is 2. The summed E-state index contributed by atoms with van der Waals surface area (Å²) >= 11 is 6.21. The van der Waals surface area contributed by atoms with E-state index in [1.54, 1.807) is 42.2 Å². The lowest BCUT2D eigenvalue weighted by Crippen LogP contribution is -2.56. The monoisotopic (exact) mass is 443 g/mol. The third-order valence-corrected chi connectivity index (χ3v) is 6.12. The number of carbonyl (C=O) groups excluding carboxylic acids is 1. The maximum Gasteiger partial charge on any atom is 0.409 e. The molecule has 1 fully saturated rings. The van der Waals surface area contributed by atoms with Crippen molar-refractivity contribution in [3.05, 3.63) is 58.6 Å². The molecule has 31 heavy (non-hydrogen) atoms. The zero-order chi connectivity index (χ0) is 22.0. The number of likely N-dealkylation sites (tertiary alicyclic amines) is 1. The van der Waals surface area contributed by atoms with Gasteiger partial charge in [-0.05, 0) is 37.3 Å². The van der Waals surface area contributed by atoms with E-state index in [-0.39, 0.29) is 23.6 Å². The Morgan fingerprint density at radius 1 is 1.23 bits per heavy atom. The number of nitrogens with one attached hydrogen (secondary N) is 1. The van der Waals surface area contributed by atoms with Gasteiger partial charge in [-0.3, -0.25) is 10.3 Å². The second-order valence-corrected chi connectivity index (χ2v) is 8.33. The van der Waals surface area contributed by atoms with Gasteiger partial charge in [-0.25, -0.2) is 4.79 Å². The Labute approximate surface area is 186 Å². The molecule has 2 aliphatic heterocycles. The molecule has 1 spiro atoms. The standard InChI is InChI=1S/C23H26ClN3O4/c1-2-31-22(30)27-11-9-23(10-12-27)25-18(16-5-3-4-6-20(16)28)14-19(26-23)17-13-15(24)7-8-21(17)29/h3-8,13,19,26,28-29H,2,9-12,14H2,1H3/t19-/m1/s1. The lowest BCUT2D eigenvalue weighted by Gasteiger charge is -2.45. The van der Waals surface area contributed by atoms with Crippen molar-refractivity contribution in [2.24, 2.45) is 4.99 Å². The van der Waals surface area contributed by atoms with Gasteiger partial charge in [0.25, 0.3) is 0 Å². The average Bonchev–Trinajstić information content (AvgIpc) is 2.76. The van der Waals surface area contributed by atoms with E-state index in [9.17, 15) is 15.0 Å². The molecular weight excluding hydrogens is 418 g/mol. The number of para-hydroxylation sites is 1. The van der Waals surface area contributed by atoms with Crippen molar-refractivity contribution in [3.63, 3.8) is 0 Å². The van der Waals surface area contributed by atoms with E-state index < -0.39 is 5.66 Å². The van der Waals surface area contributed by atoms with Crippen molar-refractivity contribution < 1.29 is 19.7 Å². The molecule has 0 radical (unpaired) electrons. The number of hydrogen-bond acceptors (Lipinski definition) is 6. The van der Waals surface area contributed by atoms with Crippen LogP contribution < -0.4 is 5.32 Å². The van der Waals surface area contributed by atoms with Crippen LogP contribution in [0.3, 0.4) is 0 Å². The summed E-state index contributed by atoms with van der Waals surface area (Å²) in [4.78, 5) is 18.8. The third-order valence-electron chi connectivity index (χ3n) is 5.89. The molecule has 0 unspecified atom stereocenters. The van der Waals surface area contributed by atoms with Gasteiger partial charge >= 0.3 is 6.09 Å². The first-order valence-electron chi connectivity index (χ1n) is 10.5. The van der Waals surface area contributed by atoms with Crippen LogP contribution in [0.1, 0.15) is 43.4 Å². The van der Waals surface area contributed by atoms with Gasteiger partial charge in [0.15, 0.2) is 0 Å². The molecule has 0 aliphatic carbocycles. The van der Waals surface area contributed by atoms with E-state index in [4.69, 9.17) is 21.3 Å². The molecule has 8 heteroatoms. The van der Waals surface area contributed by atoms with E-state index in [2.05, 4.69) is 5.32 Å². The van der Waals surface area contributed by atoms with Crippen LogP contribution in [0, 0.1) is 0 Å². The fraction of sp³-hybridized carbons (Fsp3) is 0.391. The molecule has 0 bridgehead atoms. The molecule has 2 aliphatic rings. The van der Waals surface area contributed by atoms with Crippen LogP contribution in [0.2, 0.25) is 5.02 Å². The first-order valence-corrected chi connectivity index (χ1v) is 10.8. The van der Waals surface area contributed by atoms with Crippen molar-refractivity contribution in [2.45, 2.75) is 37.9 Å². The zero-order valence-corrected chi connectivity index (χ0v) is 18.1. The smallest absolute Gasteiger partial charge is 0.409 e. The number of aliphatic imine (C=N–C) groups is 1. The molecule has 1 atom stereocenters. The van der Waals surface area contributed by atoms with Gasteiger partial charge in [0.05, 0.1) is 6.61 Å². The maximum atomic E-state index is 12.1. The van der Waals surface area contributed by atoms with E-state index >= 15 is 0 Å². The fourth-order valence-electron chi connectivity index (χ4n) is 4.32. The maximum absolute atomic E-state index is 12.1. The second-order valence-electron chi connectivity index (χ2n) is 7.90. The number of ether oxygens (including phenoxy) is 1. The van der Waals surface area contributed by atoms with E-state index in [1.807, 2.05) is 12.1 Å². The molecule has 4 rings (SSSR count). The molecule has 3 N–H and O–H groups in total. The number of phenols is 2. The van der Waals surface area contributed by atoms with Gasteiger partial charge in [0.2, 0.25) is 0 Å². The molecule has 1 saturated heterocycles. The average molecular weight is 444 g/mol. The molecule has 2 heterocycles. The number of amides is 1. The lowest BCUT2D eigenvalue weighted by atomic mass is 9.87. The topological polar surface area (TPSA) is 94.4 Å². The summed E-state index contributed by atoms with van der Waals surface area (Å²) in [7, 11) is 0. The number of hydrogen-bond donors (Lipinski definition) is 3. The van der Waals surface area contributed by atoms with Gasteiger partial charge < -0.3 is 19.8 Å². The molecular formula is C23H26ClN3O4. The largest absolute Gasteiger partial charge is 0.508 e. The first kappa shape index (κ1) is 21.5. The van der Waals surface area contributed by atoms with E-state index in [0.29, 0.717) is 55.1 Å². The Morgan fingerprint density at radius 3 is 2.68 bits per heavy atom. The van der Waals surface area contributed by atoms with Gasteiger partial charge in [-0.15, -0.1) is 0 Å². The number of piperidine rings is 1. The van der Waals surface area contributed by atoms with Gasteiger partial charge in [-0.2, -0.15) is 0 Å². The number of phenolic OH excluding ortho intramolecular Hbond substituents is 2.